The first kappa shape index (κ1) is 11.7. The van der Waals surface area contributed by atoms with Crippen molar-refractivity contribution in [2.24, 2.45) is 0 Å². The Morgan fingerprint density at radius 2 is 2.33 bits per heavy atom. The Kier molecular flexibility index (Phi) is 4.84. The molecule has 0 radical (unpaired) electrons. The number of methoxy groups -OCH3 is 1. The van der Waals surface area contributed by atoms with Gasteiger partial charge in [0, 0.05) is 18.8 Å². The Bertz CT molecular complexity index is 317. The molecule has 0 aliphatic heterocycles. The second-order valence-electron chi connectivity index (χ2n) is 3.32. The fraction of sp³-hybridized carbons (Fsp3) is 0.417. The van der Waals surface area contributed by atoms with Gasteiger partial charge in [-0.2, -0.15) is 0 Å². The number of nitrogens with one attached hydrogen (secondary N) is 1. The number of hydrogen-bond donors (Lipinski definition) is 1. The fourth-order valence-electron chi connectivity index (χ4n) is 1.34. The van der Waals surface area contributed by atoms with Gasteiger partial charge in [0.25, 0.3) is 0 Å². The number of likely N-dealkylation sites (N-methyl/N-ethyl adjacent to an activating group) is 1. The van der Waals surface area contributed by atoms with E-state index in [2.05, 4.69) is 23.3 Å². The number of pyridine rings is 1. The van der Waals surface area contributed by atoms with Crippen LogP contribution in [0, 0.1) is 0 Å². The van der Waals surface area contributed by atoms with Crippen LogP contribution in [0.4, 0.5) is 0 Å². The number of rotatable bonds is 5. The Hall–Kier alpha value is -1.35. The molecule has 0 saturated carbocycles. The monoisotopic (exact) mass is 206 g/mol. The largest absolute Gasteiger partial charge is 0.481 e. The van der Waals surface area contributed by atoms with E-state index in [1.54, 1.807) is 7.11 Å². The van der Waals surface area contributed by atoms with Gasteiger partial charge in [-0.3, -0.25) is 0 Å². The van der Waals surface area contributed by atoms with E-state index >= 15 is 0 Å². The second-order valence-corrected chi connectivity index (χ2v) is 3.32. The first-order valence-corrected chi connectivity index (χ1v) is 5.14. The standard InChI is InChI=1S/C12H18N2O/c1-4-10(8-13-2)7-11-5-6-12(15-3)14-9-11/h5-7,9,13H,4,8H2,1-3H3/b10-7-. The van der Waals surface area contributed by atoms with Gasteiger partial charge in [0.1, 0.15) is 0 Å². The highest BCUT2D eigenvalue weighted by Gasteiger charge is 1.95. The molecular weight excluding hydrogens is 188 g/mol. The zero-order valence-corrected chi connectivity index (χ0v) is 9.58. The predicted molar refractivity (Wildman–Crippen MR) is 63.0 cm³/mol. The van der Waals surface area contributed by atoms with Crippen LogP contribution in [0.5, 0.6) is 5.88 Å². The van der Waals surface area contributed by atoms with Gasteiger partial charge in [-0.25, -0.2) is 4.98 Å². The van der Waals surface area contributed by atoms with Gasteiger partial charge in [0.2, 0.25) is 5.88 Å². The van der Waals surface area contributed by atoms with Crippen molar-refractivity contribution in [3.8, 4) is 5.88 Å². The molecule has 1 heterocycles. The van der Waals surface area contributed by atoms with E-state index < -0.39 is 0 Å². The van der Waals surface area contributed by atoms with E-state index in [9.17, 15) is 0 Å². The van der Waals surface area contributed by atoms with E-state index in [1.165, 1.54) is 5.57 Å². The van der Waals surface area contributed by atoms with Gasteiger partial charge >= 0.3 is 0 Å². The minimum atomic E-state index is 0.652. The number of hydrogen-bond acceptors (Lipinski definition) is 3. The smallest absolute Gasteiger partial charge is 0.212 e. The maximum atomic E-state index is 5.00. The summed E-state index contributed by atoms with van der Waals surface area (Å²) in [5.74, 6) is 0.652. The number of nitrogens with zero attached hydrogens (tertiary/aromatic N) is 1. The number of aromatic nitrogens is 1. The Morgan fingerprint density at radius 3 is 2.80 bits per heavy atom. The molecule has 15 heavy (non-hydrogen) atoms. The summed E-state index contributed by atoms with van der Waals surface area (Å²) in [7, 11) is 3.58. The van der Waals surface area contributed by atoms with Crippen molar-refractivity contribution in [3.05, 3.63) is 29.5 Å². The van der Waals surface area contributed by atoms with Gasteiger partial charge in [-0.1, -0.05) is 18.6 Å². The van der Waals surface area contributed by atoms with Crippen LogP contribution >= 0.6 is 0 Å². The topological polar surface area (TPSA) is 34.1 Å². The van der Waals surface area contributed by atoms with Crippen molar-refractivity contribution in [1.82, 2.24) is 10.3 Å². The van der Waals surface area contributed by atoms with Gasteiger partial charge < -0.3 is 10.1 Å². The summed E-state index contributed by atoms with van der Waals surface area (Å²) >= 11 is 0. The van der Waals surface area contributed by atoms with Crippen molar-refractivity contribution < 1.29 is 4.74 Å². The molecule has 1 aromatic rings. The van der Waals surface area contributed by atoms with Crippen LogP contribution in [-0.2, 0) is 0 Å². The lowest BCUT2D eigenvalue weighted by atomic mass is 10.1. The predicted octanol–water partition coefficient (Wildman–Crippen LogP) is 2.10. The molecule has 0 amide bonds. The van der Waals surface area contributed by atoms with Gasteiger partial charge in [-0.15, -0.1) is 0 Å². The van der Waals surface area contributed by atoms with Crippen molar-refractivity contribution in [2.45, 2.75) is 13.3 Å². The van der Waals surface area contributed by atoms with Crippen LogP contribution < -0.4 is 10.1 Å². The van der Waals surface area contributed by atoms with Crippen LogP contribution in [0.3, 0.4) is 0 Å². The average Bonchev–Trinajstić information content (AvgIpc) is 2.29. The molecule has 3 nitrogen and oxygen atoms in total. The summed E-state index contributed by atoms with van der Waals surface area (Å²) in [6, 6.07) is 3.88. The molecule has 0 fully saturated rings. The molecule has 0 aliphatic rings. The van der Waals surface area contributed by atoms with Crippen LogP contribution in [0.15, 0.2) is 23.9 Å². The first-order chi connectivity index (χ1) is 7.30. The Morgan fingerprint density at radius 1 is 1.53 bits per heavy atom. The second kappa shape index (κ2) is 6.19. The van der Waals surface area contributed by atoms with E-state index in [4.69, 9.17) is 4.74 Å². The summed E-state index contributed by atoms with van der Waals surface area (Å²) in [4.78, 5) is 4.16. The zero-order chi connectivity index (χ0) is 11.1. The molecule has 1 N–H and O–H groups in total. The summed E-state index contributed by atoms with van der Waals surface area (Å²) in [6.45, 7) is 3.07. The SMILES string of the molecule is CC/C(=C/c1ccc(OC)nc1)CNC. The van der Waals surface area contributed by atoms with Gasteiger partial charge in [-0.05, 0) is 25.1 Å². The lowest BCUT2D eigenvalue weighted by molar-refractivity contribution is 0.398. The lowest BCUT2D eigenvalue weighted by Gasteiger charge is -2.04. The number of ether oxygens (including phenoxy) is 1. The van der Waals surface area contributed by atoms with Crippen molar-refractivity contribution in [2.75, 3.05) is 20.7 Å². The normalized spacial score (nSPS) is 11.5. The molecule has 0 atom stereocenters. The molecule has 0 unspecified atom stereocenters. The summed E-state index contributed by atoms with van der Waals surface area (Å²) in [5, 5.41) is 3.15. The molecule has 0 saturated heterocycles. The highest BCUT2D eigenvalue weighted by molar-refractivity contribution is 5.52. The zero-order valence-electron chi connectivity index (χ0n) is 9.58. The average molecular weight is 206 g/mol. The molecule has 3 heteroatoms. The van der Waals surface area contributed by atoms with E-state index in [0.717, 1.165) is 18.5 Å². The van der Waals surface area contributed by atoms with Gasteiger partial charge in [0.05, 0.1) is 7.11 Å². The first-order valence-electron chi connectivity index (χ1n) is 5.14. The van der Waals surface area contributed by atoms with E-state index in [1.807, 2.05) is 25.4 Å². The van der Waals surface area contributed by atoms with E-state index in [0.29, 0.717) is 5.88 Å². The van der Waals surface area contributed by atoms with Crippen molar-refractivity contribution in [1.29, 1.82) is 0 Å². The third kappa shape index (κ3) is 3.72. The van der Waals surface area contributed by atoms with E-state index in [-0.39, 0.29) is 0 Å². The molecular formula is C12H18N2O. The molecule has 1 rings (SSSR count). The van der Waals surface area contributed by atoms with Crippen LogP contribution in [-0.4, -0.2) is 25.7 Å². The Balaban J connectivity index is 2.77. The Labute approximate surface area is 91.2 Å². The van der Waals surface area contributed by atoms with Crippen LogP contribution in [0.25, 0.3) is 6.08 Å². The van der Waals surface area contributed by atoms with Crippen molar-refractivity contribution in [3.63, 3.8) is 0 Å². The van der Waals surface area contributed by atoms with Crippen LogP contribution in [0.2, 0.25) is 0 Å². The molecule has 0 aliphatic carbocycles. The summed E-state index contributed by atoms with van der Waals surface area (Å²) < 4.78 is 5.00. The fourth-order valence-corrected chi connectivity index (χ4v) is 1.34. The maximum Gasteiger partial charge on any atom is 0.212 e. The summed E-state index contributed by atoms with van der Waals surface area (Å²) in [5.41, 5.74) is 2.48. The quantitative estimate of drug-likeness (QED) is 0.801. The molecule has 0 aromatic carbocycles. The highest BCUT2D eigenvalue weighted by atomic mass is 16.5. The molecule has 0 spiro atoms. The molecule has 82 valence electrons. The highest BCUT2D eigenvalue weighted by Crippen LogP contribution is 2.11. The molecule has 0 bridgehead atoms. The van der Waals surface area contributed by atoms with Gasteiger partial charge in [0.15, 0.2) is 0 Å². The van der Waals surface area contributed by atoms with Crippen LogP contribution in [0.1, 0.15) is 18.9 Å². The lowest BCUT2D eigenvalue weighted by Crippen LogP contribution is -2.09. The minimum absolute atomic E-state index is 0.652. The summed E-state index contributed by atoms with van der Waals surface area (Å²) in [6.07, 6.45) is 5.03. The van der Waals surface area contributed by atoms with Crippen molar-refractivity contribution >= 4 is 6.08 Å². The molecule has 1 aromatic heterocycles. The maximum absolute atomic E-state index is 5.00. The third-order valence-electron chi connectivity index (χ3n) is 2.20. The minimum Gasteiger partial charge on any atom is -0.481 e. The third-order valence-corrected chi connectivity index (χ3v) is 2.20.